The summed E-state index contributed by atoms with van der Waals surface area (Å²) in [5, 5.41) is 3.34. The fourth-order valence-electron chi connectivity index (χ4n) is 1.57. The van der Waals surface area contributed by atoms with Crippen molar-refractivity contribution in [2.75, 3.05) is 7.11 Å². The fourth-order valence-corrected chi connectivity index (χ4v) is 2.70. The number of nitrogens with one attached hydrogen (secondary N) is 1. The maximum atomic E-state index is 5.09. The molecule has 1 N–H and O–H groups in total. The Morgan fingerprint density at radius 3 is 2.79 bits per heavy atom. The minimum absolute atomic E-state index is 0.627. The Morgan fingerprint density at radius 1 is 1.21 bits per heavy atom. The summed E-state index contributed by atoms with van der Waals surface area (Å²) in [4.78, 5) is 8.42. The van der Waals surface area contributed by atoms with Crippen LogP contribution in [0.15, 0.2) is 39.5 Å². The van der Waals surface area contributed by atoms with Gasteiger partial charge in [-0.05, 0) is 49.6 Å². The van der Waals surface area contributed by atoms with E-state index in [1.165, 1.54) is 0 Å². The Bertz CT molecular complexity index is 563. The summed E-state index contributed by atoms with van der Waals surface area (Å²) in [5.41, 5.74) is 2.10. The molecule has 2 heterocycles. The highest BCUT2D eigenvalue weighted by Crippen LogP contribution is 2.19. The Balaban J connectivity index is 1.92. The van der Waals surface area contributed by atoms with Crippen LogP contribution in [0.1, 0.15) is 11.3 Å². The van der Waals surface area contributed by atoms with E-state index >= 15 is 0 Å². The van der Waals surface area contributed by atoms with E-state index in [4.69, 9.17) is 4.74 Å². The lowest BCUT2D eigenvalue weighted by Crippen LogP contribution is -2.14. The van der Waals surface area contributed by atoms with Crippen molar-refractivity contribution < 1.29 is 4.74 Å². The van der Waals surface area contributed by atoms with Crippen molar-refractivity contribution in [3.8, 4) is 5.88 Å². The third kappa shape index (κ3) is 4.26. The molecule has 2 rings (SSSR count). The SMILES string of the molecule is COc1cc(CNCc2ncc(Br)cc2Br)ccn1. The number of halogens is 2. The number of hydrogen-bond donors (Lipinski definition) is 1. The van der Waals surface area contributed by atoms with E-state index in [0.717, 1.165) is 26.7 Å². The van der Waals surface area contributed by atoms with Crippen LogP contribution in [0.4, 0.5) is 0 Å². The van der Waals surface area contributed by atoms with Gasteiger partial charge in [-0.2, -0.15) is 0 Å². The Labute approximate surface area is 128 Å². The molecule has 0 aliphatic heterocycles. The normalized spacial score (nSPS) is 10.5. The number of aromatic nitrogens is 2. The van der Waals surface area contributed by atoms with Crippen molar-refractivity contribution in [1.82, 2.24) is 15.3 Å². The topological polar surface area (TPSA) is 47.0 Å². The van der Waals surface area contributed by atoms with Gasteiger partial charge in [0.25, 0.3) is 0 Å². The van der Waals surface area contributed by atoms with Gasteiger partial charge in [0.15, 0.2) is 0 Å². The average molecular weight is 387 g/mol. The Morgan fingerprint density at radius 2 is 2.05 bits per heavy atom. The van der Waals surface area contributed by atoms with Gasteiger partial charge in [0.1, 0.15) is 0 Å². The lowest BCUT2D eigenvalue weighted by molar-refractivity contribution is 0.397. The summed E-state index contributed by atoms with van der Waals surface area (Å²) >= 11 is 6.88. The number of ether oxygens (including phenoxy) is 1. The van der Waals surface area contributed by atoms with Crippen LogP contribution in [0.3, 0.4) is 0 Å². The Hall–Kier alpha value is -0.980. The van der Waals surface area contributed by atoms with Gasteiger partial charge in [-0.1, -0.05) is 0 Å². The molecule has 0 aliphatic carbocycles. The second-order valence-corrected chi connectivity index (χ2v) is 5.66. The molecule has 0 spiro atoms. The van der Waals surface area contributed by atoms with E-state index in [9.17, 15) is 0 Å². The number of rotatable bonds is 5. The van der Waals surface area contributed by atoms with E-state index in [1.54, 1.807) is 19.5 Å². The monoisotopic (exact) mass is 385 g/mol. The molecular formula is C13H13Br2N3O. The van der Waals surface area contributed by atoms with Crippen LogP contribution in [0.25, 0.3) is 0 Å². The third-order valence-corrected chi connectivity index (χ3v) is 3.63. The van der Waals surface area contributed by atoms with Crippen LogP contribution in [0, 0.1) is 0 Å². The molecule has 2 aromatic rings. The number of methoxy groups -OCH3 is 1. The molecular weight excluding hydrogens is 374 g/mol. The molecule has 0 unspecified atom stereocenters. The predicted molar refractivity (Wildman–Crippen MR) is 81.0 cm³/mol. The van der Waals surface area contributed by atoms with Crippen molar-refractivity contribution in [2.45, 2.75) is 13.1 Å². The molecule has 6 heteroatoms. The minimum atomic E-state index is 0.627. The second kappa shape index (κ2) is 6.98. The van der Waals surface area contributed by atoms with E-state index in [0.29, 0.717) is 12.4 Å². The predicted octanol–water partition coefficient (Wildman–Crippen LogP) is 3.30. The molecule has 2 aromatic heterocycles. The number of hydrogen-bond acceptors (Lipinski definition) is 4. The molecule has 0 saturated heterocycles. The first-order chi connectivity index (χ1) is 9.19. The van der Waals surface area contributed by atoms with Gasteiger partial charge in [-0.3, -0.25) is 4.98 Å². The minimum Gasteiger partial charge on any atom is -0.481 e. The smallest absolute Gasteiger partial charge is 0.213 e. The van der Waals surface area contributed by atoms with Crippen LogP contribution < -0.4 is 10.1 Å². The summed E-state index contributed by atoms with van der Waals surface area (Å²) in [7, 11) is 1.61. The van der Waals surface area contributed by atoms with E-state index < -0.39 is 0 Å². The lowest BCUT2D eigenvalue weighted by Gasteiger charge is -2.07. The molecule has 0 saturated carbocycles. The molecule has 4 nitrogen and oxygen atoms in total. The van der Waals surface area contributed by atoms with Crippen molar-refractivity contribution in [2.24, 2.45) is 0 Å². The van der Waals surface area contributed by atoms with E-state index in [-0.39, 0.29) is 0 Å². The largest absolute Gasteiger partial charge is 0.481 e. The van der Waals surface area contributed by atoms with Crippen LogP contribution >= 0.6 is 31.9 Å². The van der Waals surface area contributed by atoms with E-state index in [1.807, 2.05) is 18.2 Å². The zero-order valence-corrected chi connectivity index (χ0v) is 13.5. The average Bonchev–Trinajstić information content (AvgIpc) is 2.41. The highest BCUT2D eigenvalue weighted by atomic mass is 79.9. The van der Waals surface area contributed by atoms with Gasteiger partial charge in [0.2, 0.25) is 5.88 Å². The first-order valence-corrected chi connectivity index (χ1v) is 7.27. The van der Waals surface area contributed by atoms with Crippen LogP contribution in [0.5, 0.6) is 5.88 Å². The molecule has 0 aromatic carbocycles. The number of nitrogens with zero attached hydrogens (tertiary/aromatic N) is 2. The van der Waals surface area contributed by atoms with Crippen molar-refractivity contribution in [3.05, 3.63) is 50.8 Å². The highest BCUT2D eigenvalue weighted by molar-refractivity contribution is 9.11. The van der Waals surface area contributed by atoms with Gasteiger partial charge in [0.05, 0.1) is 12.8 Å². The van der Waals surface area contributed by atoms with Crippen molar-refractivity contribution >= 4 is 31.9 Å². The van der Waals surface area contributed by atoms with E-state index in [2.05, 4.69) is 47.1 Å². The Kier molecular flexibility index (Phi) is 5.30. The molecule has 100 valence electrons. The van der Waals surface area contributed by atoms with Gasteiger partial charge < -0.3 is 10.1 Å². The maximum Gasteiger partial charge on any atom is 0.213 e. The zero-order valence-electron chi connectivity index (χ0n) is 10.4. The fraction of sp³-hybridized carbons (Fsp3) is 0.231. The highest BCUT2D eigenvalue weighted by Gasteiger charge is 2.02. The van der Waals surface area contributed by atoms with Crippen LogP contribution in [-0.2, 0) is 13.1 Å². The third-order valence-electron chi connectivity index (χ3n) is 2.51. The van der Waals surface area contributed by atoms with Gasteiger partial charge in [0, 0.05) is 40.5 Å². The first-order valence-electron chi connectivity index (χ1n) is 5.68. The van der Waals surface area contributed by atoms with Crippen LogP contribution in [-0.4, -0.2) is 17.1 Å². The maximum absolute atomic E-state index is 5.09. The molecule has 0 aliphatic rings. The standard InChI is InChI=1S/C13H13Br2N3O/c1-19-13-4-9(2-3-17-13)6-16-8-12-11(15)5-10(14)7-18-12/h2-5,7,16H,6,8H2,1H3. The zero-order chi connectivity index (χ0) is 13.7. The molecule has 19 heavy (non-hydrogen) atoms. The van der Waals surface area contributed by atoms with Crippen LogP contribution in [0.2, 0.25) is 0 Å². The quantitative estimate of drug-likeness (QED) is 0.856. The molecule has 0 bridgehead atoms. The summed E-state index contributed by atoms with van der Waals surface area (Å²) in [6.45, 7) is 1.43. The molecule has 0 fully saturated rings. The summed E-state index contributed by atoms with van der Waals surface area (Å²) in [6.07, 6.45) is 3.53. The summed E-state index contributed by atoms with van der Waals surface area (Å²) in [6, 6.07) is 5.86. The lowest BCUT2D eigenvalue weighted by atomic mass is 10.2. The van der Waals surface area contributed by atoms with Crippen molar-refractivity contribution in [1.29, 1.82) is 0 Å². The molecule has 0 radical (unpaired) electrons. The van der Waals surface area contributed by atoms with Gasteiger partial charge >= 0.3 is 0 Å². The number of pyridine rings is 2. The first kappa shape index (κ1) is 14.4. The molecule has 0 amide bonds. The second-order valence-electron chi connectivity index (χ2n) is 3.89. The van der Waals surface area contributed by atoms with Gasteiger partial charge in [-0.25, -0.2) is 4.98 Å². The van der Waals surface area contributed by atoms with Gasteiger partial charge in [-0.15, -0.1) is 0 Å². The molecule has 0 atom stereocenters. The summed E-state index contributed by atoms with van der Waals surface area (Å²) in [5.74, 6) is 0.627. The summed E-state index contributed by atoms with van der Waals surface area (Å²) < 4.78 is 7.04. The van der Waals surface area contributed by atoms with Crippen molar-refractivity contribution in [3.63, 3.8) is 0 Å².